The van der Waals surface area contributed by atoms with Crippen molar-refractivity contribution >= 4 is 32.6 Å². The van der Waals surface area contributed by atoms with Crippen molar-refractivity contribution in [3.05, 3.63) is 18.2 Å². The molecule has 0 bridgehead atoms. The van der Waals surface area contributed by atoms with Crippen molar-refractivity contribution in [1.82, 2.24) is 0 Å². The van der Waals surface area contributed by atoms with Crippen LogP contribution in [0.5, 0.6) is 5.75 Å². The van der Waals surface area contributed by atoms with E-state index in [0.717, 1.165) is 0 Å². The van der Waals surface area contributed by atoms with Gasteiger partial charge in [-0.25, -0.2) is 0 Å². The van der Waals surface area contributed by atoms with E-state index in [1.165, 1.54) is 6.07 Å². The van der Waals surface area contributed by atoms with Gasteiger partial charge in [-0.2, -0.15) is 8.42 Å². The smallest absolute Gasteiger partial charge is 0.287 e. The maximum absolute atomic E-state index is 11.8. The van der Waals surface area contributed by atoms with E-state index in [9.17, 15) is 8.42 Å². The normalized spacial score (nSPS) is 17.1. The molecule has 1 aromatic rings. The standard InChI is InChI=1S/C10H11ClN2O3S/c1-6(2)16-7-3-4-8-9(5-7)17(14,15)13-10(11)12-8/h3-6H,1-2H3,(H,12,13). The Morgan fingerprint density at radius 1 is 1.41 bits per heavy atom. The lowest BCUT2D eigenvalue weighted by Gasteiger charge is -2.16. The molecule has 7 heteroatoms. The number of nitrogens with zero attached hydrogens (tertiary/aromatic N) is 1. The average Bonchev–Trinajstić information content (AvgIpc) is 2.17. The Morgan fingerprint density at radius 2 is 2.12 bits per heavy atom. The number of benzene rings is 1. The summed E-state index contributed by atoms with van der Waals surface area (Å²) in [5, 5.41) is 2.52. The molecule has 1 N–H and O–H groups in total. The van der Waals surface area contributed by atoms with E-state index in [1.807, 2.05) is 13.8 Å². The molecule has 17 heavy (non-hydrogen) atoms. The van der Waals surface area contributed by atoms with Crippen molar-refractivity contribution < 1.29 is 13.2 Å². The second-order valence-electron chi connectivity index (χ2n) is 3.81. The van der Waals surface area contributed by atoms with Gasteiger partial charge in [-0.3, -0.25) is 0 Å². The zero-order valence-corrected chi connectivity index (χ0v) is 10.8. The summed E-state index contributed by atoms with van der Waals surface area (Å²) >= 11 is 5.58. The molecule has 0 unspecified atom stereocenters. The van der Waals surface area contributed by atoms with Crippen molar-refractivity contribution in [3.8, 4) is 5.75 Å². The summed E-state index contributed by atoms with van der Waals surface area (Å²) in [6, 6.07) is 4.71. The molecule has 0 saturated carbocycles. The van der Waals surface area contributed by atoms with E-state index >= 15 is 0 Å². The molecule has 2 rings (SSSR count). The zero-order valence-electron chi connectivity index (χ0n) is 9.27. The molecule has 92 valence electrons. The van der Waals surface area contributed by atoms with E-state index < -0.39 is 10.0 Å². The molecule has 1 aromatic carbocycles. The fourth-order valence-corrected chi connectivity index (χ4v) is 2.84. The van der Waals surface area contributed by atoms with Gasteiger partial charge in [-0.15, -0.1) is 4.40 Å². The molecule has 0 aliphatic carbocycles. The molecule has 5 nitrogen and oxygen atoms in total. The third-order valence-electron chi connectivity index (χ3n) is 2.04. The fraction of sp³-hybridized carbons (Fsp3) is 0.300. The van der Waals surface area contributed by atoms with Crippen LogP contribution in [0.3, 0.4) is 0 Å². The number of ether oxygens (including phenoxy) is 1. The first-order valence-corrected chi connectivity index (χ1v) is 6.78. The molecule has 1 aliphatic rings. The summed E-state index contributed by atoms with van der Waals surface area (Å²) in [5.41, 5.74) is 0.404. The Hall–Kier alpha value is -1.27. The van der Waals surface area contributed by atoms with Crippen molar-refractivity contribution in [3.63, 3.8) is 0 Å². The van der Waals surface area contributed by atoms with Crippen LogP contribution in [0.15, 0.2) is 27.5 Å². The monoisotopic (exact) mass is 274 g/mol. The number of fused-ring (bicyclic) bond motifs is 1. The van der Waals surface area contributed by atoms with Gasteiger partial charge in [0.15, 0.2) is 0 Å². The van der Waals surface area contributed by atoms with Gasteiger partial charge >= 0.3 is 0 Å². The molecule has 0 radical (unpaired) electrons. The maximum Gasteiger partial charge on any atom is 0.287 e. The van der Waals surface area contributed by atoms with Gasteiger partial charge in [0, 0.05) is 6.07 Å². The first-order chi connectivity index (χ1) is 7.88. The summed E-state index contributed by atoms with van der Waals surface area (Å²) in [7, 11) is -3.74. The van der Waals surface area contributed by atoms with Crippen molar-refractivity contribution in [2.24, 2.45) is 4.40 Å². The highest BCUT2D eigenvalue weighted by atomic mass is 35.5. The number of amidine groups is 1. The number of sulfonamides is 1. The minimum atomic E-state index is -3.74. The van der Waals surface area contributed by atoms with Gasteiger partial charge in [0.1, 0.15) is 10.6 Å². The Labute approximate surface area is 105 Å². The minimum absolute atomic E-state index is 0.0283. The van der Waals surface area contributed by atoms with E-state index in [0.29, 0.717) is 11.4 Å². The summed E-state index contributed by atoms with van der Waals surface area (Å²) in [6.07, 6.45) is -0.0283. The molecule has 0 saturated heterocycles. The van der Waals surface area contributed by atoms with Crippen molar-refractivity contribution in [2.75, 3.05) is 5.32 Å². The largest absolute Gasteiger partial charge is 0.491 e. The number of anilines is 1. The Morgan fingerprint density at radius 3 is 2.76 bits per heavy atom. The molecule has 1 aliphatic heterocycles. The average molecular weight is 275 g/mol. The number of halogens is 1. The summed E-state index contributed by atoms with van der Waals surface area (Å²) in [5.74, 6) is 0.484. The number of rotatable bonds is 2. The lowest BCUT2D eigenvalue weighted by molar-refractivity contribution is 0.242. The van der Waals surface area contributed by atoms with Gasteiger partial charge in [0.05, 0.1) is 11.8 Å². The van der Waals surface area contributed by atoms with Crippen molar-refractivity contribution in [1.29, 1.82) is 0 Å². The van der Waals surface area contributed by atoms with Crippen LogP contribution in [0, 0.1) is 0 Å². The summed E-state index contributed by atoms with van der Waals surface area (Å²) in [6.45, 7) is 3.72. The highest BCUT2D eigenvalue weighted by Gasteiger charge is 2.24. The summed E-state index contributed by atoms with van der Waals surface area (Å²) < 4.78 is 32.3. The lowest BCUT2D eigenvalue weighted by atomic mass is 10.3. The summed E-state index contributed by atoms with van der Waals surface area (Å²) in [4.78, 5) is 0.0695. The minimum Gasteiger partial charge on any atom is -0.491 e. The van der Waals surface area contributed by atoms with Crippen LogP contribution in [0.2, 0.25) is 0 Å². The second kappa shape index (κ2) is 4.19. The van der Waals surface area contributed by atoms with Gasteiger partial charge < -0.3 is 10.1 Å². The fourth-order valence-electron chi connectivity index (χ4n) is 1.45. The van der Waals surface area contributed by atoms with Crippen LogP contribution < -0.4 is 10.1 Å². The first-order valence-electron chi connectivity index (χ1n) is 4.97. The molecule has 0 aromatic heterocycles. The van der Waals surface area contributed by atoms with E-state index in [-0.39, 0.29) is 16.3 Å². The third kappa shape index (κ3) is 2.53. The van der Waals surface area contributed by atoms with Gasteiger partial charge in [0.2, 0.25) is 5.29 Å². The van der Waals surface area contributed by atoms with Crippen LogP contribution >= 0.6 is 11.6 Å². The van der Waals surface area contributed by atoms with Crippen LogP contribution in [-0.4, -0.2) is 19.8 Å². The lowest BCUT2D eigenvalue weighted by Crippen LogP contribution is -2.17. The molecule has 0 amide bonds. The topological polar surface area (TPSA) is 67.8 Å². The molecule has 0 atom stereocenters. The van der Waals surface area contributed by atoms with E-state index in [4.69, 9.17) is 16.3 Å². The van der Waals surface area contributed by atoms with Crippen LogP contribution in [-0.2, 0) is 10.0 Å². The van der Waals surface area contributed by atoms with Crippen LogP contribution in [0.25, 0.3) is 0 Å². The van der Waals surface area contributed by atoms with Gasteiger partial charge in [-0.1, -0.05) is 0 Å². The van der Waals surface area contributed by atoms with Crippen LogP contribution in [0.4, 0.5) is 5.69 Å². The Kier molecular flexibility index (Phi) is 3.01. The maximum atomic E-state index is 11.8. The SMILES string of the molecule is CC(C)Oc1ccc2c(c1)S(=O)(=O)N=C(Cl)N2. The molecule has 0 fully saturated rings. The molecule has 0 spiro atoms. The third-order valence-corrected chi connectivity index (χ3v) is 3.64. The Bertz CT molecular complexity index is 581. The molecular weight excluding hydrogens is 264 g/mol. The zero-order chi connectivity index (χ0) is 12.6. The Balaban J connectivity index is 2.49. The highest BCUT2D eigenvalue weighted by Crippen LogP contribution is 2.31. The van der Waals surface area contributed by atoms with Gasteiger partial charge in [-0.05, 0) is 37.6 Å². The van der Waals surface area contributed by atoms with Gasteiger partial charge in [0.25, 0.3) is 10.0 Å². The second-order valence-corrected chi connectivity index (χ2v) is 5.74. The first kappa shape index (κ1) is 12.2. The quantitative estimate of drug-likeness (QED) is 0.840. The number of nitrogens with one attached hydrogen (secondary N) is 1. The van der Waals surface area contributed by atoms with Crippen molar-refractivity contribution in [2.45, 2.75) is 24.8 Å². The number of hydrogen-bond acceptors (Lipinski definition) is 4. The highest BCUT2D eigenvalue weighted by molar-refractivity contribution is 7.90. The van der Waals surface area contributed by atoms with Crippen LogP contribution in [0.1, 0.15) is 13.8 Å². The molecular formula is C10H11ClN2O3S. The molecule has 1 heterocycles. The van der Waals surface area contributed by atoms with E-state index in [1.54, 1.807) is 12.1 Å². The van der Waals surface area contributed by atoms with E-state index in [2.05, 4.69) is 9.71 Å². The predicted octanol–water partition coefficient (Wildman–Crippen LogP) is 2.18. The predicted molar refractivity (Wildman–Crippen MR) is 66.3 cm³/mol. The number of hydrogen-bond donors (Lipinski definition) is 1.